The molecule has 2 atom stereocenters. The van der Waals surface area contributed by atoms with Crippen LogP contribution in [0, 0.1) is 0 Å². The number of amides is 1. The van der Waals surface area contributed by atoms with E-state index in [9.17, 15) is 15.0 Å². The van der Waals surface area contributed by atoms with E-state index in [2.05, 4.69) is 10.0 Å². The molecule has 0 aromatic heterocycles. The van der Waals surface area contributed by atoms with Crippen molar-refractivity contribution in [3.63, 3.8) is 0 Å². The molecule has 0 radical (unpaired) electrons. The molecular weight excluding hydrogens is 236 g/mol. The Kier molecular flexibility index (Phi) is 5.13. The van der Waals surface area contributed by atoms with Gasteiger partial charge >= 0.3 is 0 Å². The second kappa shape index (κ2) is 6.61. The van der Waals surface area contributed by atoms with Gasteiger partial charge in [-0.05, 0) is 29.6 Å². The lowest BCUT2D eigenvalue weighted by molar-refractivity contribution is 0.0150. The molecule has 1 aromatic carbocycles. The maximum atomic E-state index is 10.9. The topological polar surface area (TPSA) is 132 Å². The van der Waals surface area contributed by atoms with Gasteiger partial charge in [-0.15, -0.1) is 0 Å². The van der Waals surface area contributed by atoms with Crippen LogP contribution in [0.3, 0.4) is 0 Å². The third-order valence-electron chi connectivity index (χ3n) is 2.49. The number of aliphatic hydroxyl groups is 2. The zero-order valence-corrected chi connectivity index (χ0v) is 9.60. The standard InChI is InChI=1S/C11H14N4O3/c12-11(18)8-3-1-7(2-4-8)10(17)9(16)5-6-14-15-13/h1-4,9-10,16-17H,5-6H2,(H2,12,18). The summed E-state index contributed by atoms with van der Waals surface area (Å²) in [5.74, 6) is -0.556. The summed E-state index contributed by atoms with van der Waals surface area (Å²) in [6.45, 7) is 0.105. The summed E-state index contributed by atoms with van der Waals surface area (Å²) in [6.07, 6.45) is -1.97. The van der Waals surface area contributed by atoms with Crippen molar-refractivity contribution in [2.24, 2.45) is 10.8 Å². The van der Waals surface area contributed by atoms with Gasteiger partial charge in [0.05, 0.1) is 6.10 Å². The molecule has 18 heavy (non-hydrogen) atoms. The second-order valence-corrected chi connectivity index (χ2v) is 3.74. The van der Waals surface area contributed by atoms with E-state index in [1.165, 1.54) is 24.3 Å². The van der Waals surface area contributed by atoms with Crippen molar-refractivity contribution < 1.29 is 15.0 Å². The van der Waals surface area contributed by atoms with E-state index in [-0.39, 0.29) is 13.0 Å². The first-order chi connectivity index (χ1) is 8.56. The second-order valence-electron chi connectivity index (χ2n) is 3.74. The number of nitrogens with zero attached hydrogens (tertiary/aromatic N) is 3. The van der Waals surface area contributed by atoms with Crippen LogP contribution < -0.4 is 5.73 Å². The third kappa shape index (κ3) is 3.74. The van der Waals surface area contributed by atoms with Gasteiger partial charge < -0.3 is 15.9 Å². The highest BCUT2D eigenvalue weighted by Gasteiger charge is 2.17. The summed E-state index contributed by atoms with van der Waals surface area (Å²) in [4.78, 5) is 13.4. The maximum absolute atomic E-state index is 10.9. The van der Waals surface area contributed by atoms with Gasteiger partial charge in [-0.25, -0.2) is 0 Å². The van der Waals surface area contributed by atoms with Crippen LogP contribution in [0.2, 0.25) is 0 Å². The highest BCUT2D eigenvalue weighted by atomic mass is 16.3. The zero-order valence-electron chi connectivity index (χ0n) is 9.60. The largest absolute Gasteiger partial charge is 0.390 e. The molecule has 0 saturated carbocycles. The first kappa shape index (κ1) is 14.0. The molecule has 1 rings (SSSR count). The smallest absolute Gasteiger partial charge is 0.248 e. The van der Waals surface area contributed by atoms with Crippen LogP contribution in [0.1, 0.15) is 28.4 Å². The lowest BCUT2D eigenvalue weighted by Crippen LogP contribution is -2.19. The van der Waals surface area contributed by atoms with E-state index in [1.54, 1.807) is 0 Å². The minimum absolute atomic E-state index is 0.105. The molecule has 0 aliphatic rings. The quantitative estimate of drug-likeness (QED) is 0.393. The van der Waals surface area contributed by atoms with Crippen LogP contribution in [0.4, 0.5) is 0 Å². The number of hydrogen-bond donors (Lipinski definition) is 3. The summed E-state index contributed by atoms with van der Waals surface area (Å²) in [5, 5.41) is 22.7. The SMILES string of the molecule is [N-]=[N+]=NCCC(O)C(O)c1ccc(C(N)=O)cc1. The minimum Gasteiger partial charge on any atom is -0.390 e. The number of carbonyl (C=O) groups excluding carboxylic acids is 1. The van der Waals surface area contributed by atoms with Crippen molar-refractivity contribution in [2.75, 3.05) is 6.54 Å². The molecule has 4 N–H and O–H groups in total. The van der Waals surface area contributed by atoms with Gasteiger partial charge in [0.2, 0.25) is 5.91 Å². The molecule has 0 aliphatic heterocycles. The number of nitrogens with two attached hydrogens (primary N) is 1. The molecule has 0 bridgehead atoms. The molecule has 0 aliphatic carbocycles. The van der Waals surface area contributed by atoms with Gasteiger partial charge in [0.15, 0.2) is 0 Å². The Morgan fingerprint density at radius 2 is 2.00 bits per heavy atom. The molecular formula is C11H14N4O3. The van der Waals surface area contributed by atoms with Gasteiger partial charge in [-0.1, -0.05) is 17.2 Å². The highest BCUT2D eigenvalue weighted by Crippen LogP contribution is 2.19. The average Bonchev–Trinajstić information content (AvgIpc) is 2.38. The molecule has 0 spiro atoms. The fourth-order valence-electron chi connectivity index (χ4n) is 1.46. The van der Waals surface area contributed by atoms with Crippen molar-refractivity contribution in [3.05, 3.63) is 45.8 Å². The van der Waals surface area contributed by atoms with Crippen LogP contribution in [0.5, 0.6) is 0 Å². The molecule has 1 amide bonds. The predicted molar refractivity (Wildman–Crippen MR) is 64.6 cm³/mol. The van der Waals surface area contributed by atoms with E-state index in [0.717, 1.165) is 0 Å². The Morgan fingerprint density at radius 3 is 2.50 bits per heavy atom. The summed E-state index contributed by atoms with van der Waals surface area (Å²) in [6, 6.07) is 5.98. The Labute approximate surface area is 103 Å². The van der Waals surface area contributed by atoms with E-state index >= 15 is 0 Å². The fraction of sp³-hybridized carbons (Fsp3) is 0.364. The lowest BCUT2D eigenvalue weighted by atomic mass is 10.0. The monoisotopic (exact) mass is 250 g/mol. The molecule has 0 saturated heterocycles. The van der Waals surface area contributed by atoms with Crippen LogP contribution in [-0.4, -0.2) is 28.8 Å². The van der Waals surface area contributed by atoms with Crippen molar-refractivity contribution >= 4 is 5.91 Å². The van der Waals surface area contributed by atoms with E-state index in [1.807, 2.05) is 0 Å². The number of hydrogen-bond acceptors (Lipinski definition) is 4. The third-order valence-corrected chi connectivity index (χ3v) is 2.49. The first-order valence-corrected chi connectivity index (χ1v) is 5.33. The van der Waals surface area contributed by atoms with Crippen molar-refractivity contribution in [1.29, 1.82) is 0 Å². The van der Waals surface area contributed by atoms with E-state index < -0.39 is 18.1 Å². The average molecular weight is 250 g/mol. The Bertz CT molecular complexity index is 454. The van der Waals surface area contributed by atoms with Crippen LogP contribution in [-0.2, 0) is 0 Å². The number of aliphatic hydroxyl groups excluding tert-OH is 2. The van der Waals surface area contributed by atoms with Gasteiger partial charge in [-0.2, -0.15) is 0 Å². The Hall–Kier alpha value is -2.08. The summed E-state index contributed by atoms with van der Waals surface area (Å²) < 4.78 is 0. The van der Waals surface area contributed by atoms with Gasteiger partial charge in [0.1, 0.15) is 6.10 Å². The zero-order chi connectivity index (χ0) is 13.5. The number of primary amides is 1. The lowest BCUT2D eigenvalue weighted by Gasteiger charge is -2.17. The van der Waals surface area contributed by atoms with Gasteiger partial charge in [0, 0.05) is 17.0 Å². The summed E-state index contributed by atoms with van der Waals surface area (Å²) in [7, 11) is 0. The number of carbonyl (C=O) groups is 1. The summed E-state index contributed by atoms with van der Waals surface area (Å²) in [5.41, 5.74) is 14.0. The van der Waals surface area contributed by atoms with Crippen molar-refractivity contribution in [2.45, 2.75) is 18.6 Å². The fourth-order valence-corrected chi connectivity index (χ4v) is 1.46. The molecule has 0 heterocycles. The Balaban J connectivity index is 2.68. The van der Waals surface area contributed by atoms with Crippen molar-refractivity contribution in [3.8, 4) is 0 Å². The number of benzene rings is 1. The van der Waals surface area contributed by atoms with E-state index in [0.29, 0.717) is 11.1 Å². The molecule has 0 fully saturated rings. The van der Waals surface area contributed by atoms with E-state index in [4.69, 9.17) is 11.3 Å². The van der Waals surface area contributed by atoms with Crippen LogP contribution in [0.15, 0.2) is 29.4 Å². The number of rotatable bonds is 6. The molecule has 96 valence electrons. The predicted octanol–water partition coefficient (Wildman–Crippen LogP) is 0.880. The first-order valence-electron chi connectivity index (χ1n) is 5.33. The highest BCUT2D eigenvalue weighted by molar-refractivity contribution is 5.92. The number of azide groups is 1. The van der Waals surface area contributed by atoms with Gasteiger partial charge in [-0.3, -0.25) is 4.79 Å². The molecule has 1 aromatic rings. The normalized spacial score (nSPS) is 13.4. The minimum atomic E-state index is -1.10. The van der Waals surface area contributed by atoms with Gasteiger partial charge in [0.25, 0.3) is 0 Å². The van der Waals surface area contributed by atoms with Crippen LogP contribution in [0.25, 0.3) is 10.4 Å². The van der Waals surface area contributed by atoms with Crippen LogP contribution >= 0.6 is 0 Å². The Morgan fingerprint density at radius 1 is 1.39 bits per heavy atom. The molecule has 7 heteroatoms. The molecule has 7 nitrogen and oxygen atoms in total. The maximum Gasteiger partial charge on any atom is 0.248 e. The molecule has 2 unspecified atom stereocenters. The summed E-state index contributed by atoms with van der Waals surface area (Å²) >= 11 is 0. The van der Waals surface area contributed by atoms with Crippen molar-refractivity contribution in [1.82, 2.24) is 0 Å².